The third-order valence-electron chi connectivity index (χ3n) is 4.41. The van der Waals surface area contributed by atoms with Crippen molar-refractivity contribution in [1.29, 1.82) is 5.26 Å². The minimum absolute atomic E-state index is 0.00919. The molecule has 1 aromatic heterocycles. The molecule has 0 aliphatic carbocycles. The quantitative estimate of drug-likeness (QED) is 0.448. The molecule has 164 valence electrons. The number of hydrogen-bond donors (Lipinski definition) is 3. The van der Waals surface area contributed by atoms with Crippen molar-refractivity contribution in [1.82, 2.24) is 15.6 Å². The number of carbonyl (C=O) groups excluding carboxylic acids is 2. The molecule has 3 rings (SSSR count). The Morgan fingerprint density at radius 2 is 2.03 bits per heavy atom. The van der Waals surface area contributed by atoms with Gasteiger partial charge in [-0.05, 0) is 29.1 Å². The van der Waals surface area contributed by atoms with Crippen LogP contribution in [0.15, 0.2) is 48.7 Å². The molecule has 0 unspecified atom stereocenters. The summed E-state index contributed by atoms with van der Waals surface area (Å²) in [4.78, 5) is 27.8. The lowest BCUT2D eigenvalue weighted by Crippen LogP contribution is -2.36. The van der Waals surface area contributed by atoms with Crippen molar-refractivity contribution in [2.24, 2.45) is 0 Å². The van der Waals surface area contributed by atoms with E-state index in [1.54, 1.807) is 30.3 Å². The molecule has 0 aliphatic heterocycles. The first-order valence-electron chi connectivity index (χ1n) is 9.61. The van der Waals surface area contributed by atoms with Gasteiger partial charge in [-0.25, -0.2) is 14.2 Å². The number of amides is 2. The van der Waals surface area contributed by atoms with Crippen molar-refractivity contribution in [2.45, 2.75) is 6.54 Å². The third kappa shape index (κ3) is 6.14. The fourth-order valence-electron chi connectivity index (χ4n) is 2.87. The number of nitrogens with zero attached hydrogens (tertiary/aromatic N) is 2. The second kappa shape index (κ2) is 11.0. The van der Waals surface area contributed by atoms with Crippen molar-refractivity contribution in [3.63, 3.8) is 0 Å². The van der Waals surface area contributed by atoms with Gasteiger partial charge in [-0.2, -0.15) is 5.26 Å². The number of halogens is 2. The predicted octanol–water partition coefficient (Wildman–Crippen LogP) is 3.35. The van der Waals surface area contributed by atoms with Crippen LogP contribution in [-0.2, 0) is 16.1 Å². The predicted molar refractivity (Wildman–Crippen MR) is 118 cm³/mol. The number of carbonyl (C=O) groups is 2. The molecule has 8 nitrogen and oxygen atoms in total. The van der Waals surface area contributed by atoms with Crippen molar-refractivity contribution in [3.05, 3.63) is 70.6 Å². The molecule has 0 spiro atoms. The molecule has 2 amide bonds. The van der Waals surface area contributed by atoms with Crippen LogP contribution >= 0.6 is 11.6 Å². The van der Waals surface area contributed by atoms with Crippen LogP contribution in [0.3, 0.4) is 0 Å². The summed E-state index contributed by atoms with van der Waals surface area (Å²) >= 11 is 5.85. The summed E-state index contributed by atoms with van der Waals surface area (Å²) in [6.07, 6.45) is 0.787. The standard InChI is InChI=1S/C22H19ClFN5O3/c23-21-16(5-2-6-18(21)24)11-26-13-20(30)27-7-8-32-22(31)29-19-9-14-3-1-4-15(10-25)17(14)12-28-19/h1-6,9,12,26H,7-8,11,13H2,(H,27,30)(H,28,29,31). The number of hydrogen-bond acceptors (Lipinski definition) is 6. The van der Waals surface area contributed by atoms with Crippen molar-refractivity contribution >= 4 is 40.2 Å². The molecule has 2 aromatic carbocycles. The number of rotatable bonds is 8. The first kappa shape index (κ1) is 22.9. The van der Waals surface area contributed by atoms with E-state index in [-0.39, 0.29) is 43.0 Å². The zero-order chi connectivity index (χ0) is 22.9. The van der Waals surface area contributed by atoms with Crippen LogP contribution in [0.1, 0.15) is 11.1 Å². The van der Waals surface area contributed by atoms with Gasteiger partial charge in [0.05, 0.1) is 29.7 Å². The van der Waals surface area contributed by atoms with Crippen LogP contribution in [-0.4, -0.2) is 36.7 Å². The Bertz CT molecular complexity index is 1180. The number of aromatic nitrogens is 1. The van der Waals surface area contributed by atoms with Gasteiger partial charge in [-0.15, -0.1) is 0 Å². The molecular weight excluding hydrogens is 437 g/mol. The first-order chi connectivity index (χ1) is 15.5. The fourth-order valence-corrected chi connectivity index (χ4v) is 3.06. The highest BCUT2D eigenvalue weighted by Crippen LogP contribution is 2.20. The van der Waals surface area contributed by atoms with Gasteiger partial charge < -0.3 is 15.4 Å². The van der Waals surface area contributed by atoms with Crippen molar-refractivity contribution in [2.75, 3.05) is 25.0 Å². The monoisotopic (exact) mass is 455 g/mol. The molecule has 3 aromatic rings. The average molecular weight is 456 g/mol. The fraction of sp³-hybridized carbons (Fsp3) is 0.182. The Morgan fingerprint density at radius 1 is 1.22 bits per heavy atom. The molecule has 3 N–H and O–H groups in total. The number of ether oxygens (including phenoxy) is 1. The van der Waals surface area contributed by atoms with Gasteiger partial charge in [0.15, 0.2) is 0 Å². The molecule has 0 saturated heterocycles. The number of pyridine rings is 1. The summed E-state index contributed by atoms with van der Waals surface area (Å²) in [5, 5.41) is 18.5. The zero-order valence-electron chi connectivity index (χ0n) is 16.8. The molecule has 32 heavy (non-hydrogen) atoms. The van der Waals surface area contributed by atoms with Crippen LogP contribution in [0, 0.1) is 17.1 Å². The maximum atomic E-state index is 13.4. The van der Waals surface area contributed by atoms with Crippen LogP contribution in [0.2, 0.25) is 5.02 Å². The van der Waals surface area contributed by atoms with E-state index in [2.05, 4.69) is 27.0 Å². The second-order valence-corrected chi connectivity index (χ2v) is 7.01. The Labute approximate surface area is 188 Å². The summed E-state index contributed by atoms with van der Waals surface area (Å²) in [5.74, 6) is -0.551. The van der Waals surface area contributed by atoms with Gasteiger partial charge in [0, 0.05) is 18.1 Å². The number of nitriles is 1. The lowest BCUT2D eigenvalue weighted by molar-refractivity contribution is -0.120. The largest absolute Gasteiger partial charge is 0.447 e. The normalized spacial score (nSPS) is 10.4. The van der Waals surface area contributed by atoms with Crippen LogP contribution in [0.5, 0.6) is 0 Å². The van der Waals surface area contributed by atoms with Crippen LogP contribution < -0.4 is 16.0 Å². The van der Waals surface area contributed by atoms with Crippen molar-refractivity contribution < 1.29 is 18.7 Å². The number of fused-ring (bicyclic) bond motifs is 1. The molecule has 0 fully saturated rings. The Kier molecular flexibility index (Phi) is 7.91. The maximum Gasteiger partial charge on any atom is 0.412 e. The van der Waals surface area contributed by atoms with Crippen LogP contribution in [0.4, 0.5) is 15.0 Å². The average Bonchev–Trinajstić information content (AvgIpc) is 2.79. The van der Waals surface area contributed by atoms with E-state index in [1.165, 1.54) is 18.3 Å². The van der Waals surface area contributed by atoms with Crippen LogP contribution in [0.25, 0.3) is 10.8 Å². The van der Waals surface area contributed by atoms with Gasteiger partial charge in [-0.3, -0.25) is 10.1 Å². The molecule has 0 radical (unpaired) electrons. The highest BCUT2D eigenvalue weighted by molar-refractivity contribution is 6.31. The molecule has 0 atom stereocenters. The number of anilines is 1. The number of benzene rings is 2. The first-order valence-corrected chi connectivity index (χ1v) is 9.98. The van der Waals surface area contributed by atoms with E-state index < -0.39 is 11.9 Å². The topological polar surface area (TPSA) is 116 Å². The number of nitrogens with one attached hydrogen (secondary N) is 3. The van der Waals surface area contributed by atoms with Gasteiger partial charge in [-0.1, -0.05) is 35.9 Å². The summed E-state index contributed by atoms with van der Waals surface area (Å²) in [6, 6.07) is 13.4. The second-order valence-electron chi connectivity index (χ2n) is 6.64. The summed E-state index contributed by atoms with van der Waals surface area (Å²) in [7, 11) is 0. The van der Waals surface area contributed by atoms with Gasteiger partial charge >= 0.3 is 6.09 Å². The minimum Gasteiger partial charge on any atom is -0.447 e. The SMILES string of the molecule is N#Cc1cccc2cc(NC(=O)OCCNC(=O)CNCc3cccc(F)c3Cl)ncc12. The highest BCUT2D eigenvalue weighted by Gasteiger charge is 2.09. The summed E-state index contributed by atoms with van der Waals surface area (Å²) in [6.45, 7) is 0.299. The lowest BCUT2D eigenvalue weighted by atomic mass is 10.1. The lowest BCUT2D eigenvalue weighted by Gasteiger charge is -2.09. The molecule has 1 heterocycles. The van der Waals surface area contributed by atoms with E-state index in [4.69, 9.17) is 21.6 Å². The van der Waals surface area contributed by atoms with E-state index in [0.29, 0.717) is 16.5 Å². The van der Waals surface area contributed by atoms with E-state index in [9.17, 15) is 14.0 Å². The van der Waals surface area contributed by atoms with E-state index in [0.717, 1.165) is 5.39 Å². The molecule has 0 aliphatic rings. The molecule has 0 bridgehead atoms. The smallest absolute Gasteiger partial charge is 0.412 e. The summed E-state index contributed by atoms with van der Waals surface area (Å²) < 4.78 is 18.4. The summed E-state index contributed by atoms with van der Waals surface area (Å²) in [5.41, 5.74) is 1.04. The highest BCUT2D eigenvalue weighted by atomic mass is 35.5. The molecular formula is C22H19ClFN5O3. The zero-order valence-corrected chi connectivity index (χ0v) is 17.6. The van der Waals surface area contributed by atoms with E-state index >= 15 is 0 Å². The van der Waals surface area contributed by atoms with Crippen molar-refractivity contribution in [3.8, 4) is 6.07 Å². The Morgan fingerprint density at radius 3 is 2.84 bits per heavy atom. The van der Waals surface area contributed by atoms with E-state index in [1.807, 2.05) is 0 Å². The maximum absolute atomic E-state index is 13.4. The molecule has 0 saturated carbocycles. The third-order valence-corrected chi connectivity index (χ3v) is 4.83. The minimum atomic E-state index is -0.721. The van der Waals surface area contributed by atoms with Gasteiger partial charge in [0.2, 0.25) is 5.91 Å². The molecule has 10 heteroatoms. The Balaban J connectivity index is 1.36. The van der Waals surface area contributed by atoms with Gasteiger partial charge in [0.25, 0.3) is 0 Å². The Hall–Kier alpha value is -3.74. The van der Waals surface area contributed by atoms with Gasteiger partial charge in [0.1, 0.15) is 18.2 Å².